The Kier molecular flexibility index (Phi) is 8.49. The van der Waals surface area contributed by atoms with Crippen LogP contribution in [-0.4, -0.2) is 19.9 Å². The van der Waals surface area contributed by atoms with Crippen molar-refractivity contribution in [1.29, 1.82) is 0 Å². The van der Waals surface area contributed by atoms with E-state index in [0.29, 0.717) is 0 Å². The zero-order chi connectivity index (χ0) is 35.7. The van der Waals surface area contributed by atoms with E-state index in [-0.39, 0.29) is 0 Å². The first kappa shape index (κ1) is 32.4. The van der Waals surface area contributed by atoms with Crippen LogP contribution in [0.3, 0.4) is 0 Å². The number of allylic oxidation sites excluding steroid dienone is 4. The van der Waals surface area contributed by atoms with Crippen molar-refractivity contribution in [2.45, 2.75) is 33.1 Å². The van der Waals surface area contributed by atoms with Gasteiger partial charge in [0.15, 0.2) is 5.82 Å². The normalized spacial score (nSPS) is 13.1. The number of aryl methyl sites for hydroxylation is 2. The molecule has 0 saturated heterocycles. The Morgan fingerprint density at radius 1 is 0.472 bits per heavy atom. The maximum absolute atomic E-state index is 5.24. The van der Waals surface area contributed by atoms with Gasteiger partial charge in [-0.05, 0) is 96.9 Å². The third-order valence-corrected chi connectivity index (χ3v) is 10.2. The predicted molar refractivity (Wildman–Crippen MR) is 220 cm³/mol. The molecular weight excluding hydrogens is 645 g/mol. The molecule has 0 N–H and O–H groups in total. The molecule has 0 amide bonds. The van der Waals surface area contributed by atoms with E-state index in [1.54, 1.807) is 0 Å². The predicted octanol–water partition coefficient (Wildman–Crippen LogP) is 12.5. The van der Waals surface area contributed by atoms with Crippen LogP contribution in [0, 0.1) is 13.8 Å². The summed E-state index contributed by atoms with van der Waals surface area (Å²) in [5, 5.41) is 2.24. The molecule has 1 aliphatic rings. The number of rotatable bonds is 6. The van der Waals surface area contributed by atoms with Crippen molar-refractivity contribution < 1.29 is 0 Å². The molecule has 0 fully saturated rings. The first-order valence-electron chi connectivity index (χ1n) is 18.4. The van der Waals surface area contributed by atoms with E-state index < -0.39 is 0 Å². The Labute approximate surface area is 310 Å². The molecule has 3 heterocycles. The van der Waals surface area contributed by atoms with Gasteiger partial charge in [0.05, 0.1) is 28.1 Å². The van der Waals surface area contributed by atoms with Crippen LogP contribution in [0.5, 0.6) is 0 Å². The number of hydrogen-bond donors (Lipinski definition) is 0. The first-order valence-corrected chi connectivity index (χ1v) is 18.4. The van der Waals surface area contributed by atoms with Gasteiger partial charge in [0, 0.05) is 33.2 Å². The lowest BCUT2D eigenvalue weighted by atomic mass is 9.97. The molecule has 9 rings (SSSR count). The fourth-order valence-electron chi connectivity index (χ4n) is 7.35. The van der Waals surface area contributed by atoms with E-state index in [0.717, 1.165) is 97.5 Å². The average molecular weight is 683 g/mol. The summed E-state index contributed by atoms with van der Waals surface area (Å²) in [6, 6.07) is 51.2. The van der Waals surface area contributed by atoms with E-state index in [9.17, 15) is 0 Å². The lowest BCUT2D eigenvalue weighted by molar-refractivity contribution is 0.877. The fraction of sp³-hybridized carbons (Fsp3) is 0.102. The molecule has 0 spiro atoms. The van der Waals surface area contributed by atoms with Crippen molar-refractivity contribution >= 4 is 33.0 Å². The molecule has 4 nitrogen and oxygen atoms in total. The number of benzene rings is 5. The van der Waals surface area contributed by atoms with Crippen LogP contribution in [0.2, 0.25) is 0 Å². The molecule has 0 radical (unpaired) electrons. The van der Waals surface area contributed by atoms with Gasteiger partial charge >= 0.3 is 0 Å². The molecular formula is C49H38N4. The Morgan fingerprint density at radius 3 is 1.87 bits per heavy atom. The van der Waals surface area contributed by atoms with Crippen LogP contribution in [0.15, 0.2) is 158 Å². The summed E-state index contributed by atoms with van der Waals surface area (Å²) in [5.74, 6) is 0.777. The van der Waals surface area contributed by atoms with Crippen molar-refractivity contribution in [1.82, 2.24) is 19.9 Å². The van der Waals surface area contributed by atoms with Crippen LogP contribution >= 0.6 is 0 Å². The number of aromatic nitrogens is 4. The molecule has 254 valence electrons. The van der Waals surface area contributed by atoms with Gasteiger partial charge in [0.25, 0.3) is 0 Å². The van der Waals surface area contributed by atoms with Gasteiger partial charge in [-0.25, -0.2) is 15.0 Å². The second-order valence-corrected chi connectivity index (χ2v) is 13.9. The Hall–Kier alpha value is -6.52. The zero-order valence-electron chi connectivity index (χ0n) is 29.9. The molecule has 0 atom stereocenters. The number of pyridine rings is 2. The number of fused-ring (bicyclic) bond motifs is 3. The Bertz CT molecular complexity index is 2690. The van der Waals surface area contributed by atoms with Crippen molar-refractivity contribution in [3.05, 3.63) is 180 Å². The maximum Gasteiger partial charge on any atom is 0.156 e. The highest BCUT2D eigenvalue weighted by Gasteiger charge is 2.16. The highest BCUT2D eigenvalue weighted by atomic mass is 14.9. The number of nitrogens with zero attached hydrogens (tertiary/aromatic N) is 4. The lowest BCUT2D eigenvalue weighted by Gasteiger charge is -2.13. The summed E-state index contributed by atoms with van der Waals surface area (Å²) >= 11 is 0. The molecule has 53 heavy (non-hydrogen) atoms. The van der Waals surface area contributed by atoms with Crippen LogP contribution in [0.1, 0.15) is 41.9 Å². The van der Waals surface area contributed by atoms with Crippen molar-refractivity contribution in [2.24, 2.45) is 0 Å². The Balaban J connectivity index is 1.11. The third-order valence-electron chi connectivity index (χ3n) is 10.2. The Morgan fingerprint density at radius 2 is 1.09 bits per heavy atom. The zero-order valence-corrected chi connectivity index (χ0v) is 29.9. The molecule has 0 bridgehead atoms. The fourth-order valence-corrected chi connectivity index (χ4v) is 7.35. The van der Waals surface area contributed by atoms with Gasteiger partial charge in [-0.15, -0.1) is 0 Å². The lowest BCUT2D eigenvalue weighted by Crippen LogP contribution is -2.00. The second kappa shape index (κ2) is 13.9. The second-order valence-electron chi connectivity index (χ2n) is 13.9. The summed E-state index contributed by atoms with van der Waals surface area (Å²) in [6.45, 7) is 4.20. The van der Waals surface area contributed by atoms with Gasteiger partial charge in [-0.1, -0.05) is 127 Å². The van der Waals surface area contributed by atoms with E-state index in [1.165, 1.54) is 22.3 Å². The molecule has 0 aliphatic heterocycles. The van der Waals surface area contributed by atoms with Crippen LogP contribution < -0.4 is 0 Å². The smallest absolute Gasteiger partial charge is 0.156 e. The van der Waals surface area contributed by atoms with Gasteiger partial charge in [-0.3, -0.25) is 4.98 Å². The molecule has 8 aromatic rings. The van der Waals surface area contributed by atoms with E-state index >= 15 is 0 Å². The van der Waals surface area contributed by atoms with Crippen LogP contribution in [0.4, 0.5) is 0 Å². The molecule has 1 aliphatic carbocycles. The molecule has 0 saturated carbocycles. The first-order chi connectivity index (χ1) is 26.1. The quantitative estimate of drug-likeness (QED) is 0.164. The molecule has 5 aromatic carbocycles. The van der Waals surface area contributed by atoms with Gasteiger partial charge in [0.1, 0.15) is 0 Å². The van der Waals surface area contributed by atoms with Crippen LogP contribution in [-0.2, 0) is 0 Å². The largest absolute Gasteiger partial charge is 0.251 e. The average Bonchev–Trinajstić information content (AvgIpc) is 3.48. The summed E-state index contributed by atoms with van der Waals surface area (Å²) < 4.78 is 0. The van der Waals surface area contributed by atoms with Crippen molar-refractivity contribution in [2.75, 3.05) is 0 Å². The third kappa shape index (κ3) is 6.56. The van der Waals surface area contributed by atoms with Crippen LogP contribution in [0.25, 0.3) is 77.9 Å². The van der Waals surface area contributed by atoms with E-state index in [4.69, 9.17) is 19.9 Å². The van der Waals surface area contributed by atoms with E-state index in [2.05, 4.69) is 153 Å². The van der Waals surface area contributed by atoms with Gasteiger partial charge < -0.3 is 0 Å². The molecule has 0 unspecified atom stereocenters. The maximum atomic E-state index is 5.24. The highest BCUT2D eigenvalue weighted by molar-refractivity contribution is 6.04. The summed E-state index contributed by atoms with van der Waals surface area (Å²) in [5.41, 5.74) is 16.0. The highest BCUT2D eigenvalue weighted by Crippen LogP contribution is 2.35. The van der Waals surface area contributed by atoms with Crippen molar-refractivity contribution in [3.63, 3.8) is 0 Å². The van der Waals surface area contributed by atoms with Gasteiger partial charge in [-0.2, -0.15) is 0 Å². The molecule has 3 aromatic heterocycles. The minimum atomic E-state index is 0.777. The van der Waals surface area contributed by atoms with Gasteiger partial charge in [0.2, 0.25) is 0 Å². The summed E-state index contributed by atoms with van der Waals surface area (Å²) in [4.78, 5) is 20.6. The SMILES string of the molecule is Cc1ccc2ccc3c(C)cc(-c4cccc(C5=CCCCC(c6nc(-c7ccccc7)cc(-c7ccc(-c8ccccc8)cc7)n6)=C5)c4)nc3c2n1. The standard InChI is InChI=1S/C49H38N4/c1-32-28-44(51-48-43(32)27-26-38-21-20-33(2)50-47(38)48)41-19-11-18-40(29-41)39-16-9-10-17-42(30-39)49-52-45(36-14-7-4-8-15-36)31-46(53-49)37-24-22-35(23-25-37)34-12-5-3-6-13-34/h3-8,11-16,18-31H,9-10,17H2,1-2H3. The minimum absolute atomic E-state index is 0.777. The monoisotopic (exact) mass is 682 g/mol. The number of hydrogen-bond acceptors (Lipinski definition) is 4. The topological polar surface area (TPSA) is 51.6 Å². The summed E-state index contributed by atoms with van der Waals surface area (Å²) in [7, 11) is 0. The van der Waals surface area contributed by atoms with E-state index in [1.807, 2.05) is 19.1 Å². The minimum Gasteiger partial charge on any atom is -0.251 e. The molecule has 4 heteroatoms. The summed E-state index contributed by atoms with van der Waals surface area (Å²) in [6.07, 6.45) is 7.57. The van der Waals surface area contributed by atoms with Crippen molar-refractivity contribution in [3.8, 4) is 44.9 Å².